The van der Waals surface area contributed by atoms with Gasteiger partial charge in [0, 0.05) is 20.6 Å². The Labute approximate surface area is 266 Å². The Morgan fingerprint density at radius 2 is 1.72 bits per heavy atom. The quantitative estimate of drug-likeness (QED) is 0.253. The predicted molar refractivity (Wildman–Crippen MR) is 169 cm³/mol. The average molecular weight is 657 g/mol. The van der Waals surface area contributed by atoms with Crippen LogP contribution in [0.1, 0.15) is 16.7 Å². The first kappa shape index (κ1) is 33.0. The summed E-state index contributed by atoms with van der Waals surface area (Å²) in [5.74, 6) is -1.08. The number of benzene rings is 3. The van der Waals surface area contributed by atoms with E-state index in [0.717, 1.165) is 5.56 Å². The van der Waals surface area contributed by atoms with Gasteiger partial charge in [0.05, 0.1) is 0 Å². The predicted octanol–water partition coefficient (Wildman–Crippen LogP) is 1.84. The van der Waals surface area contributed by atoms with E-state index >= 15 is 0 Å². The number of nitrogens with one attached hydrogen (secondary N) is 1. The number of anilines is 1. The molecule has 0 aliphatic carbocycles. The van der Waals surface area contributed by atoms with E-state index in [1.165, 1.54) is 34.2 Å². The van der Waals surface area contributed by atoms with Gasteiger partial charge in [-0.3, -0.25) is 0 Å². The first-order valence-electron chi connectivity index (χ1n) is 14.6. The zero-order valence-electron chi connectivity index (χ0n) is 25.7. The van der Waals surface area contributed by atoms with Gasteiger partial charge < -0.3 is 4.90 Å². The number of nitrogens with zero attached hydrogens (tertiary/aromatic N) is 5. The van der Waals surface area contributed by atoms with Gasteiger partial charge in [-0.2, -0.15) is 0 Å². The number of hydrogen-bond acceptors (Lipinski definition) is 9. The van der Waals surface area contributed by atoms with Crippen molar-refractivity contribution in [1.82, 2.24) is 25.1 Å². The third kappa shape index (κ3) is 7.54. The maximum atomic E-state index is 14.2. The van der Waals surface area contributed by atoms with Gasteiger partial charge in [-0.25, -0.2) is 4.39 Å². The van der Waals surface area contributed by atoms with Gasteiger partial charge in [0.1, 0.15) is 5.82 Å². The number of piperazine rings is 1. The Morgan fingerprint density at radius 3 is 2.37 bits per heavy atom. The Morgan fingerprint density at radius 1 is 1.02 bits per heavy atom. The molecule has 2 aliphatic heterocycles. The number of carbonyl (C=O) groups is 3. The number of amides is 4. The van der Waals surface area contributed by atoms with Gasteiger partial charge in [0.2, 0.25) is 0 Å². The summed E-state index contributed by atoms with van der Waals surface area (Å²) in [6.45, 7) is 0.239. The molecule has 46 heavy (non-hydrogen) atoms. The second-order valence-corrected chi connectivity index (χ2v) is 12.9. The van der Waals surface area contributed by atoms with E-state index in [1.54, 1.807) is 54.2 Å². The Hall–Kier alpha value is -4.33. The van der Waals surface area contributed by atoms with Crippen molar-refractivity contribution in [3.63, 3.8) is 0 Å². The van der Waals surface area contributed by atoms with Crippen molar-refractivity contribution in [2.75, 3.05) is 39.1 Å². The molecule has 3 aromatic carbocycles. The van der Waals surface area contributed by atoms with Crippen LogP contribution >= 0.6 is 8.17 Å². The van der Waals surface area contributed by atoms with Gasteiger partial charge in [0.15, 0.2) is 0 Å². The average Bonchev–Trinajstić information content (AvgIpc) is 2.99. The summed E-state index contributed by atoms with van der Waals surface area (Å²) in [5.41, 5.74) is 2.79. The molecule has 15 heteroatoms. The van der Waals surface area contributed by atoms with Crippen molar-refractivity contribution in [2.45, 2.75) is 31.7 Å². The SMILES string of the molecule is CN(C)c1cc(F)ccc1CN1C[C@H]2N(C(=O)CN(C)N2C(=O)NCc2ccccc2)[C@@H](Cc2ccc(O[PH](O)(O)O)cc2)C1=O. The topological polar surface area (TPSA) is 149 Å². The number of halogens is 1. The molecular formula is C31H38FN6O7P. The number of likely N-dealkylation sites (N-methyl/N-ethyl adjacent to an activating group) is 1. The summed E-state index contributed by atoms with van der Waals surface area (Å²) in [6.07, 6.45) is -0.773. The fourth-order valence-corrected chi connectivity index (χ4v) is 6.32. The Bertz CT molecular complexity index is 1570. The molecule has 246 valence electrons. The summed E-state index contributed by atoms with van der Waals surface area (Å²) in [6, 6.07) is 18.3. The van der Waals surface area contributed by atoms with Crippen molar-refractivity contribution >= 4 is 31.7 Å². The molecular weight excluding hydrogens is 618 g/mol. The first-order chi connectivity index (χ1) is 21.8. The number of hydrazine groups is 1. The van der Waals surface area contributed by atoms with Crippen LogP contribution in [0.25, 0.3) is 0 Å². The Balaban J connectivity index is 1.48. The molecule has 0 unspecified atom stereocenters. The molecule has 2 heterocycles. The van der Waals surface area contributed by atoms with E-state index in [4.69, 9.17) is 4.52 Å². The molecule has 0 radical (unpaired) electrons. The summed E-state index contributed by atoms with van der Waals surface area (Å²) in [5, 5.41) is 5.92. The van der Waals surface area contributed by atoms with Gasteiger partial charge in [0.25, 0.3) is 0 Å². The maximum absolute atomic E-state index is 14.2. The normalized spacial score (nSPS) is 19.2. The summed E-state index contributed by atoms with van der Waals surface area (Å²) >= 11 is 0. The molecule has 0 spiro atoms. The molecule has 2 aliphatic rings. The number of urea groups is 1. The van der Waals surface area contributed by atoms with Crippen molar-refractivity contribution in [2.24, 2.45) is 0 Å². The first-order valence-corrected chi connectivity index (χ1v) is 16.4. The number of carbonyl (C=O) groups excluding carboxylic acids is 3. The molecule has 4 amide bonds. The summed E-state index contributed by atoms with van der Waals surface area (Å²) < 4.78 is 19.0. The van der Waals surface area contributed by atoms with Crippen LogP contribution in [0.4, 0.5) is 14.9 Å². The van der Waals surface area contributed by atoms with Gasteiger partial charge in [-0.05, 0) is 17.7 Å². The van der Waals surface area contributed by atoms with Crippen LogP contribution in [0.5, 0.6) is 5.75 Å². The summed E-state index contributed by atoms with van der Waals surface area (Å²) in [4.78, 5) is 74.1. The van der Waals surface area contributed by atoms with Gasteiger partial charge >= 0.3 is 183 Å². The molecule has 2 fully saturated rings. The molecule has 0 bridgehead atoms. The molecule has 2 saturated heterocycles. The second-order valence-electron chi connectivity index (χ2n) is 11.5. The van der Waals surface area contributed by atoms with Crippen LogP contribution in [0.2, 0.25) is 0 Å². The van der Waals surface area contributed by atoms with Crippen molar-refractivity contribution in [3.05, 3.63) is 95.3 Å². The van der Waals surface area contributed by atoms with Gasteiger partial charge in [-0.1, -0.05) is 30.3 Å². The van der Waals surface area contributed by atoms with Gasteiger partial charge in [-0.15, -0.1) is 0 Å². The fourth-order valence-electron chi connectivity index (χ4n) is 5.87. The van der Waals surface area contributed by atoms with Crippen LogP contribution in [0.3, 0.4) is 0 Å². The van der Waals surface area contributed by atoms with Crippen LogP contribution in [-0.4, -0.2) is 98.8 Å². The zero-order chi connectivity index (χ0) is 33.2. The van der Waals surface area contributed by atoms with Crippen LogP contribution in [-0.2, 0) is 29.1 Å². The molecule has 13 nitrogen and oxygen atoms in total. The van der Waals surface area contributed by atoms with Crippen molar-refractivity contribution < 1.29 is 38.0 Å². The molecule has 2 atom stereocenters. The molecule has 4 N–H and O–H groups in total. The number of rotatable bonds is 9. The van der Waals surface area contributed by atoms with E-state index in [-0.39, 0.29) is 50.2 Å². The fraction of sp³-hybridized carbons (Fsp3) is 0.323. The molecule has 0 aromatic heterocycles. The van der Waals surface area contributed by atoms with Crippen molar-refractivity contribution in [3.8, 4) is 5.75 Å². The van der Waals surface area contributed by atoms with Crippen LogP contribution in [0.15, 0.2) is 72.8 Å². The summed E-state index contributed by atoms with van der Waals surface area (Å²) in [7, 11) is 0.388. The molecule has 0 saturated carbocycles. The van der Waals surface area contributed by atoms with Crippen molar-refractivity contribution in [1.29, 1.82) is 0 Å². The van der Waals surface area contributed by atoms with Crippen LogP contribution in [0, 0.1) is 5.82 Å². The second kappa shape index (κ2) is 13.6. The minimum absolute atomic E-state index is 0.0113. The van der Waals surface area contributed by atoms with E-state index < -0.39 is 32.2 Å². The van der Waals surface area contributed by atoms with E-state index in [1.807, 2.05) is 30.3 Å². The third-order valence-electron chi connectivity index (χ3n) is 7.93. The van der Waals surface area contributed by atoms with Crippen LogP contribution < -0.4 is 14.7 Å². The monoisotopic (exact) mass is 656 g/mol. The standard InChI is InChI=1S/C31H38FN6O7P/c1-34(2)26-16-24(32)12-11-23(26)18-36-19-28-37(27(30(36)40)15-21-9-13-25(14-10-21)45-46(42,43)44)29(39)20-35(3)38(28)31(41)33-17-22-7-5-4-6-8-22/h4-14,16,27-28,42-44,46H,15,17-20H2,1-3H3,(H,33,41)/t27-,28-/m0/s1. The van der Waals surface area contributed by atoms with E-state index in [9.17, 15) is 33.5 Å². The molecule has 3 aromatic rings. The third-order valence-corrected chi connectivity index (χ3v) is 8.44. The molecule has 5 rings (SSSR count). The zero-order valence-corrected chi connectivity index (χ0v) is 26.7. The number of fused-ring (bicyclic) bond motifs is 1. The Kier molecular flexibility index (Phi) is 9.75. The number of hydrogen-bond donors (Lipinski definition) is 4. The minimum atomic E-state index is -4.81. The van der Waals surface area contributed by atoms with E-state index in [2.05, 4.69) is 5.32 Å². The van der Waals surface area contributed by atoms with E-state index in [0.29, 0.717) is 16.8 Å².